The summed E-state index contributed by atoms with van der Waals surface area (Å²) in [6, 6.07) is 0. The minimum atomic E-state index is -2.73. The lowest BCUT2D eigenvalue weighted by Gasteiger charge is -2.15. The first-order valence-corrected chi connectivity index (χ1v) is 7.12. The van der Waals surface area contributed by atoms with Gasteiger partial charge in [0.15, 0.2) is 0 Å². The first kappa shape index (κ1) is 13.0. The van der Waals surface area contributed by atoms with Gasteiger partial charge >= 0.3 is 11.9 Å². The number of hydrogen-bond donors (Lipinski definition) is 2. The Hall–Kier alpha value is -2.50. The summed E-state index contributed by atoms with van der Waals surface area (Å²) in [6.45, 7) is 3.28. The molecule has 0 radical (unpaired) electrons. The largest absolute Gasteiger partial charge is 0.507 e. The van der Waals surface area contributed by atoms with Crippen molar-refractivity contribution < 1.29 is 33.4 Å². The molecule has 6 nitrogen and oxygen atoms in total. The molecule has 0 spiro atoms. The molecule has 0 saturated carbocycles. The van der Waals surface area contributed by atoms with Crippen molar-refractivity contribution in [2.24, 2.45) is 0 Å². The van der Waals surface area contributed by atoms with Crippen LogP contribution in [0.1, 0.15) is 50.9 Å². The van der Waals surface area contributed by atoms with Crippen molar-refractivity contribution in [3.05, 3.63) is 33.9 Å². The second-order valence-corrected chi connectivity index (χ2v) is 5.46. The fourth-order valence-electron chi connectivity index (χ4n) is 2.57. The molecule has 0 fully saturated rings. The molecule has 0 atom stereocenters. The predicted octanol–water partition coefficient (Wildman–Crippen LogP) is 2.73. The van der Waals surface area contributed by atoms with Crippen LogP contribution in [0.3, 0.4) is 0 Å². The number of fused-ring (bicyclic) bond motifs is 1. The van der Waals surface area contributed by atoms with Crippen LogP contribution < -0.4 is 4.74 Å². The number of aromatic hydroxyl groups is 1. The maximum absolute atomic E-state index is 11.9. The zero-order valence-electron chi connectivity index (χ0n) is 15.9. The summed E-state index contributed by atoms with van der Waals surface area (Å²) < 4.78 is 32.1. The van der Waals surface area contributed by atoms with E-state index in [0.717, 1.165) is 5.57 Å². The van der Waals surface area contributed by atoms with Gasteiger partial charge in [-0.3, -0.25) is 4.79 Å². The number of cyclic esters (lactones) is 1. The summed E-state index contributed by atoms with van der Waals surface area (Å²) in [5.74, 6) is -1.98. The zero-order chi connectivity index (χ0) is 19.6. The van der Waals surface area contributed by atoms with Crippen LogP contribution >= 0.6 is 0 Å². The Morgan fingerprint density at radius 3 is 2.87 bits per heavy atom. The van der Waals surface area contributed by atoms with Crippen molar-refractivity contribution in [2.45, 2.75) is 39.7 Å². The lowest BCUT2D eigenvalue weighted by Crippen LogP contribution is -2.03. The minimum Gasteiger partial charge on any atom is -0.507 e. The number of phenolic OH excluding ortho intramolecular Hbond substituents is 1. The maximum atomic E-state index is 11.9. The van der Waals surface area contributed by atoms with Crippen molar-refractivity contribution >= 4 is 11.9 Å². The van der Waals surface area contributed by atoms with E-state index >= 15 is 0 Å². The van der Waals surface area contributed by atoms with Crippen LogP contribution in [0.25, 0.3) is 0 Å². The molecular weight excluding hydrogens is 301 g/mol. The van der Waals surface area contributed by atoms with Crippen LogP contribution in [0.15, 0.2) is 11.6 Å². The molecule has 0 bridgehead atoms. The Morgan fingerprint density at radius 1 is 1.48 bits per heavy atom. The van der Waals surface area contributed by atoms with Crippen LogP contribution in [0, 0.1) is 6.92 Å². The minimum absolute atomic E-state index is 0.0122. The van der Waals surface area contributed by atoms with E-state index in [1.165, 1.54) is 0 Å². The number of esters is 1. The lowest BCUT2D eigenvalue weighted by atomic mass is 9.95. The van der Waals surface area contributed by atoms with Gasteiger partial charge in [0, 0.05) is 17.5 Å². The number of benzene rings is 1. The van der Waals surface area contributed by atoms with Gasteiger partial charge in [-0.15, -0.1) is 0 Å². The monoisotopic (exact) mass is 324 g/mol. The van der Waals surface area contributed by atoms with E-state index in [9.17, 15) is 14.7 Å². The number of carbonyl (C=O) groups is 2. The Bertz CT molecular complexity index is 780. The molecule has 2 N–H and O–H groups in total. The summed E-state index contributed by atoms with van der Waals surface area (Å²) in [5.41, 5.74) is 1.76. The second-order valence-electron chi connectivity index (χ2n) is 5.46. The van der Waals surface area contributed by atoms with E-state index in [4.69, 9.17) is 18.7 Å². The molecule has 1 aliphatic heterocycles. The molecule has 2 rings (SSSR count). The van der Waals surface area contributed by atoms with E-state index in [-0.39, 0.29) is 42.1 Å². The van der Waals surface area contributed by atoms with Gasteiger partial charge in [-0.1, -0.05) is 11.6 Å². The maximum Gasteiger partial charge on any atom is 0.342 e. The van der Waals surface area contributed by atoms with Gasteiger partial charge in [-0.25, -0.2) is 4.79 Å². The first-order valence-electron chi connectivity index (χ1n) is 8.62. The van der Waals surface area contributed by atoms with Crippen LogP contribution in [-0.4, -0.2) is 29.2 Å². The van der Waals surface area contributed by atoms with Gasteiger partial charge in [0.1, 0.15) is 23.7 Å². The van der Waals surface area contributed by atoms with Crippen molar-refractivity contribution in [1.82, 2.24) is 0 Å². The highest BCUT2D eigenvalue weighted by molar-refractivity contribution is 5.98. The van der Waals surface area contributed by atoms with Gasteiger partial charge in [0.25, 0.3) is 0 Å². The zero-order valence-corrected chi connectivity index (χ0v) is 12.9. The summed E-state index contributed by atoms with van der Waals surface area (Å²) >= 11 is 0. The molecule has 124 valence electrons. The van der Waals surface area contributed by atoms with Crippen LogP contribution in [0.2, 0.25) is 0 Å². The van der Waals surface area contributed by atoms with Crippen LogP contribution in [-0.2, 0) is 22.6 Å². The number of phenols is 1. The first-order chi connectivity index (χ1) is 12.0. The van der Waals surface area contributed by atoms with Gasteiger partial charge in [-0.2, -0.15) is 0 Å². The Kier molecular flexibility index (Phi) is 3.80. The highest BCUT2D eigenvalue weighted by atomic mass is 16.5. The Morgan fingerprint density at radius 2 is 2.22 bits per heavy atom. The number of carboxylic acids is 1. The molecule has 1 aromatic carbocycles. The summed E-state index contributed by atoms with van der Waals surface area (Å²) in [6.07, 6.45) is 2.04. The van der Waals surface area contributed by atoms with Crippen molar-refractivity contribution in [1.29, 1.82) is 0 Å². The molecule has 1 heterocycles. The topological polar surface area (TPSA) is 93.1 Å². The predicted molar refractivity (Wildman–Crippen MR) is 82.8 cm³/mol. The Balaban J connectivity index is 2.47. The van der Waals surface area contributed by atoms with Crippen molar-refractivity contribution in [3.63, 3.8) is 0 Å². The van der Waals surface area contributed by atoms with E-state index in [1.807, 2.05) is 0 Å². The summed E-state index contributed by atoms with van der Waals surface area (Å²) in [4.78, 5) is 22.5. The third-order valence-corrected chi connectivity index (χ3v) is 3.93. The van der Waals surface area contributed by atoms with E-state index in [1.54, 1.807) is 19.9 Å². The average Bonchev–Trinajstić information content (AvgIpc) is 2.91. The highest BCUT2D eigenvalue weighted by Gasteiger charge is 2.31. The molecular formula is C17H20O6. The summed E-state index contributed by atoms with van der Waals surface area (Å²) in [7, 11) is -2.73. The molecule has 6 heteroatoms. The molecule has 0 amide bonds. The lowest BCUT2D eigenvalue weighted by molar-refractivity contribution is -0.136. The normalized spacial score (nSPS) is 16.2. The SMILES string of the molecule is [2H][13C]([2H])([2H])Oc1c(C)c2c(c(O)c1C/C=C(\C)CCC(=O)O)C(=O)OC2. The number of carbonyl (C=O) groups excluding carboxylic acids is 1. The van der Waals surface area contributed by atoms with E-state index in [2.05, 4.69) is 0 Å². The molecule has 0 unspecified atom stereocenters. The number of rotatable bonds is 6. The molecule has 0 saturated heterocycles. The molecule has 0 aromatic heterocycles. The molecule has 23 heavy (non-hydrogen) atoms. The van der Waals surface area contributed by atoms with Gasteiger partial charge in [0.05, 0.1) is 11.2 Å². The quantitative estimate of drug-likeness (QED) is 0.475. The number of aliphatic carboxylic acids is 1. The molecule has 1 aromatic rings. The number of allylic oxidation sites excluding steroid dienone is 2. The van der Waals surface area contributed by atoms with Gasteiger partial charge in [0.2, 0.25) is 0 Å². The fourth-order valence-corrected chi connectivity index (χ4v) is 2.57. The number of carboxylic acid groups (broad SMARTS) is 1. The third-order valence-electron chi connectivity index (χ3n) is 3.93. The number of ether oxygens (including phenoxy) is 2. The van der Waals surface area contributed by atoms with E-state index < -0.39 is 19.0 Å². The Labute approximate surface area is 138 Å². The standard InChI is InChI=1S/C17H20O6/c1-9(5-7-13(18)19)4-6-11-15(20)14-12(8-23-17(14)21)10(2)16(11)22-3/h4,20H,5-8H2,1-3H3,(H,18,19)/b9-4+/i3+1D3. The highest BCUT2D eigenvalue weighted by Crippen LogP contribution is 2.41. The number of hydrogen-bond acceptors (Lipinski definition) is 5. The molecule has 0 aliphatic carbocycles. The summed E-state index contributed by atoms with van der Waals surface area (Å²) in [5, 5.41) is 19.3. The fraction of sp³-hybridized carbons (Fsp3) is 0.412. The van der Waals surface area contributed by atoms with Crippen LogP contribution in [0.4, 0.5) is 0 Å². The number of methoxy groups -OCH3 is 1. The van der Waals surface area contributed by atoms with Gasteiger partial charge in [-0.05, 0) is 32.3 Å². The van der Waals surface area contributed by atoms with Crippen molar-refractivity contribution in [2.75, 3.05) is 7.04 Å². The van der Waals surface area contributed by atoms with E-state index in [0.29, 0.717) is 17.5 Å². The average molecular weight is 324 g/mol. The smallest absolute Gasteiger partial charge is 0.342 e. The van der Waals surface area contributed by atoms with Crippen LogP contribution in [0.5, 0.6) is 11.5 Å². The third kappa shape index (κ3) is 3.31. The second kappa shape index (κ2) is 6.73. The molecule has 1 aliphatic rings. The van der Waals surface area contributed by atoms with Gasteiger partial charge < -0.3 is 19.7 Å². The van der Waals surface area contributed by atoms with Crippen molar-refractivity contribution in [3.8, 4) is 11.5 Å².